The fourth-order valence-electron chi connectivity index (χ4n) is 1.13. The molecule has 14 heavy (non-hydrogen) atoms. The van der Waals surface area contributed by atoms with E-state index in [1.165, 1.54) is 0 Å². The van der Waals surface area contributed by atoms with Gasteiger partial charge < -0.3 is 10.4 Å². The van der Waals surface area contributed by atoms with E-state index >= 15 is 0 Å². The maximum atomic E-state index is 10.4. The third kappa shape index (κ3) is 6.42. The number of nitrogens with one attached hydrogen (secondary N) is 1. The number of hydrogen-bond acceptors (Lipinski definition) is 3. The molecule has 0 atom stereocenters. The SMILES string of the molecule is CC(C)N(CCNC=O)CCC(=O)O. The number of amides is 1. The number of carbonyl (C=O) groups is 2. The van der Waals surface area contributed by atoms with Crippen LogP contribution in [0.15, 0.2) is 0 Å². The predicted molar refractivity (Wildman–Crippen MR) is 53.0 cm³/mol. The molecule has 0 radical (unpaired) electrons. The topological polar surface area (TPSA) is 69.6 Å². The van der Waals surface area contributed by atoms with Gasteiger partial charge in [-0.05, 0) is 13.8 Å². The summed E-state index contributed by atoms with van der Waals surface area (Å²) in [7, 11) is 0. The monoisotopic (exact) mass is 202 g/mol. The number of carboxylic acid groups (broad SMARTS) is 1. The molecule has 1 amide bonds. The predicted octanol–water partition coefficient (Wildman–Crippen LogP) is -0.0825. The van der Waals surface area contributed by atoms with Crippen molar-refractivity contribution in [1.82, 2.24) is 10.2 Å². The van der Waals surface area contributed by atoms with Crippen LogP contribution in [0.1, 0.15) is 20.3 Å². The molecule has 0 aliphatic carbocycles. The molecular weight excluding hydrogens is 184 g/mol. The van der Waals surface area contributed by atoms with E-state index in [9.17, 15) is 9.59 Å². The van der Waals surface area contributed by atoms with Crippen molar-refractivity contribution in [1.29, 1.82) is 0 Å². The molecule has 0 bridgehead atoms. The minimum atomic E-state index is -0.793. The zero-order valence-electron chi connectivity index (χ0n) is 8.69. The van der Waals surface area contributed by atoms with Gasteiger partial charge in [0.1, 0.15) is 0 Å². The van der Waals surface area contributed by atoms with Gasteiger partial charge in [-0.3, -0.25) is 14.5 Å². The lowest BCUT2D eigenvalue weighted by atomic mass is 10.3. The van der Waals surface area contributed by atoms with Crippen molar-refractivity contribution in [3.05, 3.63) is 0 Å². The highest BCUT2D eigenvalue weighted by Gasteiger charge is 2.10. The van der Waals surface area contributed by atoms with Gasteiger partial charge in [-0.15, -0.1) is 0 Å². The van der Waals surface area contributed by atoms with Gasteiger partial charge in [0, 0.05) is 25.7 Å². The molecule has 0 aromatic heterocycles. The Balaban J connectivity index is 3.77. The van der Waals surface area contributed by atoms with E-state index in [4.69, 9.17) is 5.11 Å². The molecule has 0 aliphatic heterocycles. The normalized spacial score (nSPS) is 10.6. The van der Waals surface area contributed by atoms with Crippen LogP contribution >= 0.6 is 0 Å². The van der Waals surface area contributed by atoms with Crippen LogP contribution in [0.3, 0.4) is 0 Å². The number of aliphatic carboxylic acids is 1. The van der Waals surface area contributed by atoms with Crippen LogP contribution in [0.4, 0.5) is 0 Å². The summed E-state index contributed by atoms with van der Waals surface area (Å²) >= 11 is 0. The summed E-state index contributed by atoms with van der Waals surface area (Å²) in [5, 5.41) is 11.1. The average Bonchev–Trinajstić information content (AvgIpc) is 2.10. The fourth-order valence-corrected chi connectivity index (χ4v) is 1.13. The minimum Gasteiger partial charge on any atom is -0.481 e. The van der Waals surface area contributed by atoms with Crippen LogP contribution < -0.4 is 5.32 Å². The van der Waals surface area contributed by atoms with Crippen LogP contribution in [0.5, 0.6) is 0 Å². The number of rotatable bonds is 8. The van der Waals surface area contributed by atoms with Crippen LogP contribution in [0.2, 0.25) is 0 Å². The first-order valence-corrected chi connectivity index (χ1v) is 4.70. The summed E-state index contributed by atoms with van der Waals surface area (Å²) in [5.41, 5.74) is 0. The highest BCUT2D eigenvalue weighted by Crippen LogP contribution is 1.98. The Kier molecular flexibility index (Phi) is 6.74. The van der Waals surface area contributed by atoms with Crippen LogP contribution in [0.25, 0.3) is 0 Å². The summed E-state index contributed by atoms with van der Waals surface area (Å²) < 4.78 is 0. The minimum absolute atomic E-state index is 0.138. The smallest absolute Gasteiger partial charge is 0.304 e. The molecular formula is C9H18N2O3. The lowest BCUT2D eigenvalue weighted by Crippen LogP contribution is -2.38. The Morgan fingerprint density at radius 1 is 1.50 bits per heavy atom. The second-order valence-electron chi connectivity index (χ2n) is 3.35. The van der Waals surface area contributed by atoms with Gasteiger partial charge in [0.2, 0.25) is 6.41 Å². The summed E-state index contributed by atoms with van der Waals surface area (Å²) in [5.74, 6) is -0.793. The second kappa shape index (κ2) is 7.32. The van der Waals surface area contributed by atoms with E-state index in [1.54, 1.807) is 0 Å². The molecule has 0 fully saturated rings. The maximum absolute atomic E-state index is 10.4. The molecule has 0 spiro atoms. The molecule has 5 nitrogen and oxygen atoms in total. The molecule has 2 N–H and O–H groups in total. The Labute approximate surface area is 84.1 Å². The third-order valence-electron chi connectivity index (χ3n) is 1.97. The van der Waals surface area contributed by atoms with Gasteiger partial charge in [0.15, 0.2) is 0 Å². The summed E-state index contributed by atoms with van der Waals surface area (Å²) in [6.45, 7) is 5.77. The Bertz CT molecular complexity index is 183. The Morgan fingerprint density at radius 2 is 2.14 bits per heavy atom. The number of hydrogen-bond donors (Lipinski definition) is 2. The molecule has 0 aliphatic rings. The van der Waals surface area contributed by atoms with Gasteiger partial charge >= 0.3 is 5.97 Å². The molecule has 82 valence electrons. The van der Waals surface area contributed by atoms with Crippen molar-refractivity contribution in [2.75, 3.05) is 19.6 Å². The summed E-state index contributed by atoms with van der Waals surface area (Å²) in [6.07, 6.45) is 0.787. The lowest BCUT2D eigenvalue weighted by molar-refractivity contribution is -0.137. The summed E-state index contributed by atoms with van der Waals surface area (Å²) in [4.78, 5) is 22.4. The van der Waals surface area contributed by atoms with Gasteiger partial charge in [-0.25, -0.2) is 0 Å². The van der Waals surface area contributed by atoms with Crippen LogP contribution in [0, 0.1) is 0 Å². The maximum Gasteiger partial charge on any atom is 0.304 e. The first-order chi connectivity index (χ1) is 6.57. The Morgan fingerprint density at radius 3 is 2.57 bits per heavy atom. The number of nitrogens with zero attached hydrogens (tertiary/aromatic N) is 1. The first kappa shape index (κ1) is 12.9. The highest BCUT2D eigenvalue weighted by atomic mass is 16.4. The van der Waals surface area contributed by atoms with E-state index in [0.29, 0.717) is 32.1 Å². The molecule has 0 unspecified atom stereocenters. The zero-order valence-corrected chi connectivity index (χ0v) is 8.69. The second-order valence-corrected chi connectivity index (χ2v) is 3.35. The van der Waals surface area contributed by atoms with Crippen LogP contribution in [-0.4, -0.2) is 48.1 Å². The van der Waals surface area contributed by atoms with E-state index in [0.717, 1.165) is 0 Å². The van der Waals surface area contributed by atoms with Crippen molar-refractivity contribution < 1.29 is 14.7 Å². The molecule has 0 rings (SSSR count). The van der Waals surface area contributed by atoms with E-state index in [-0.39, 0.29) is 6.42 Å². The van der Waals surface area contributed by atoms with Gasteiger partial charge in [0.05, 0.1) is 6.42 Å². The molecule has 5 heteroatoms. The van der Waals surface area contributed by atoms with E-state index in [1.807, 2.05) is 18.7 Å². The molecule has 0 aromatic rings. The standard InChI is InChI=1S/C9H18N2O3/c1-8(2)11(5-3-9(13)14)6-4-10-7-12/h7-8H,3-6H2,1-2H3,(H,10,12)(H,13,14). The average molecular weight is 202 g/mol. The van der Waals surface area contributed by atoms with E-state index < -0.39 is 5.97 Å². The lowest BCUT2D eigenvalue weighted by Gasteiger charge is -2.25. The highest BCUT2D eigenvalue weighted by molar-refractivity contribution is 5.66. The van der Waals surface area contributed by atoms with Gasteiger partial charge in [-0.1, -0.05) is 0 Å². The van der Waals surface area contributed by atoms with E-state index in [2.05, 4.69) is 5.32 Å². The number of carbonyl (C=O) groups excluding carboxylic acids is 1. The van der Waals surface area contributed by atoms with Crippen molar-refractivity contribution in [2.24, 2.45) is 0 Å². The van der Waals surface area contributed by atoms with Crippen molar-refractivity contribution in [3.63, 3.8) is 0 Å². The largest absolute Gasteiger partial charge is 0.481 e. The number of carboxylic acids is 1. The first-order valence-electron chi connectivity index (χ1n) is 4.70. The quantitative estimate of drug-likeness (QED) is 0.426. The molecule has 0 heterocycles. The Hall–Kier alpha value is -1.10. The van der Waals surface area contributed by atoms with Gasteiger partial charge in [-0.2, -0.15) is 0 Å². The zero-order chi connectivity index (χ0) is 11.0. The molecule has 0 saturated heterocycles. The molecule has 0 aromatic carbocycles. The van der Waals surface area contributed by atoms with Crippen LogP contribution in [-0.2, 0) is 9.59 Å². The summed E-state index contributed by atoms with van der Waals surface area (Å²) in [6, 6.07) is 0.294. The third-order valence-corrected chi connectivity index (χ3v) is 1.97. The van der Waals surface area contributed by atoms with Gasteiger partial charge in [0.25, 0.3) is 0 Å². The fraction of sp³-hybridized carbons (Fsp3) is 0.778. The van der Waals surface area contributed by atoms with Crippen molar-refractivity contribution in [3.8, 4) is 0 Å². The van der Waals surface area contributed by atoms with Crippen molar-refractivity contribution >= 4 is 12.4 Å². The van der Waals surface area contributed by atoms with Crippen molar-refractivity contribution in [2.45, 2.75) is 26.3 Å². The molecule has 0 saturated carbocycles.